The van der Waals surface area contributed by atoms with Gasteiger partial charge in [-0.15, -0.1) is 0 Å². The van der Waals surface area contributed by atoms with E-state index in [1.54, 1.807) is 12.4 Å². The predicted molar refractivity (Wildman–Crippen MR) is 84.2 cm³/mol. The summed E-state index contributed by atoms with van der Waals surface area (Å²) < 4.78 is 5.71. The van der Waals surface area contributed by atoms with Crippen molar-refractivity contribution in [3.63, 3.8) is 0 Å². The van der Waals surface area contributed by atoms with Gasteiger partial charge in [0.25, 0.3) is 6.01 Å². The first-order chi connectivity index (χ1) is 11.3. The zero-order chi connectivity index (χ0) is 15.6. The molecule has 0 aromatic carbocycles. The Labute approximate surface area is 132 Å². The molecule has 4 rings (SSSR count). The molecule has 3 aromatic rings. The molecule has 8 nitrogen and oxygen atoms in total. The van der Waals surface area contributed by atoms with Crippen molar-refractivity contribution in [2.24, 2.45) is 0 Å². The summed E-state index contributed by atoms with van der Waals surface area (Å²) in [6.45, 7) is 3.02. The van der Waals surface area contributed by atoms with Crippen LogP contribution in [0.5, 0.6) is 0 Å². The molecule has 0 unspecified atom stereocenters. The van der Waals surface area contributed by atoms with Gasteiger partial charge in [-0.25, -0.2) is 15.0 Å². The molecule has 1 aliphatic rings. The molecule has 0 spiro atoms. The maximum Gasteiger partial charge on any atom is 0.299 e. The van der Waals surface area contributed by atoms with Crippen LogP contribution in [0.2, 0.25) is 0 Å². The number of fused-ring (bicyclic) bond motifs is 1. The molecule has 1 aliphatic heterocycles. The molecule has 0 saturated carbocycles. The van der Waals surface area contributed by atoms with Gasteiger partial charge in [0.1, 0.15) is 17.9 Å². The van der Waals surface area contributed by atoms with Crippen LogP contribution in [0.3, 0.4) is 0 Å². The van der Waals surface area contributed by atoms with Crippen LogP contribution in [0.1, 0.15) is 5.82 Å². The molecule has 23 heavy (non-hydrogen) atoms. The number of oxazole rings is 1. The van der Waals surface area contributed by atoms with E-state index in [0.29, 0.717) is 17.6 Å². The number of hydrogen-bond donors (Lipinski definition) is 1. The molecule has 118 valence electrons. The molecule has 0 bridgehead atoms. The summed E-state index contributed by atoms with van der Waals surface area (Å²) in [5.74, 6) is 1.28. The lowest BCUT2D eigenvalue weighted by Gasteiger charge is -2.34. The van der Waals surface area contributed by atoms with Crippen molar-refractivity contribution in [3.05, 3.63) is 36.4 Å². The Bertz CT molecular complexity index is 779. The Balaban J connectivity index is 1.48. The highest BCUT2D eigenvalue weighted by atomic mass is 16.4. The molecule has 1 saturated heterocycles. The van der Waals surface area contributed by atoms with Crippen molar-refractivity contribution in [1.29, 1.82) is 0 Å². The monoisotopic (exact) mass is 312 g/mol. The lowest BCUT2D eigenvalue weighted by Crippen LogP contribution is -2.47. The van der Waals surface area contributed by atoms with Gasteiger partial charge in [-0.3, -0.25) is 0 Å². The third kappa shape index (κ3) is 2.68. The quantitative estimate of drug-likeness (QED) is 0.760. The summed E-state index contributed by atoms with van der Waals surface area (Å²) in [5.41, 5.74) is 1.33. The maximum atomic E-state index is 9.14. The van der Waals surface area contributed by atoms with Crippen LogP contribution in [0.4, 0.5) is 11.8 Å². The molecule has 0 radical (unpaired) electrons. The standard InChI is InChI=1S/C15H16N6O2/c22-10-12-16-5-3-13(19-12)20-6-8-21(9-7-20)15-18-11-2-1-4-17-14(11)23-15/h1-5,22H,6-10H2. The number of anilines is 2. The number of hydrogen-bond acceptors (Lipinski definition) is 8. The number of aliphatic hydroxyl groups is 1. The van der Waals surface area contributed by atoms with E-state index in [-0.39, 0.29) is 6.61 Å². The largest absolute Gasteiger partial charge is 0.404 e. The SMILES string of the molecule is OCc1nccc(N2CCN(c3nc4cccnc4o3)CC2)n1. The lowest BCUT2D eigenvalue weighted by atomic mass is 10.3. The van der Waals surface area contributed by atoms with Gasteiger partial charge in [0.2, 0.25) is 5.71 Å². The average Bonchev–Trinajstić information content (AvgIpc) is 3.06. The Hall–Kier alpha value is -2.74. The van der Waals surface area contributed by atoms with E-state index in [4.69, 9.17) is 9.52 Å². The summed E-state index contributed by atoms with van der Waals surface area (Å²) in [6, 6.07) is 6.21. The second-order valence-electron chi connectivity index (χ2n) is 5.29. The predicted octanol–water partition coefficient (Wildman–Crippen LogP) is 0.832. The number of nitrogens with zero attached hydrogens (tertiary/aromatic N) is 6. The summed E-state index contributed by atoms with van der Waals surface area (Å²) in [7, 11) is 0. The normalized spacial score (nSPS) is 15.3. The molecule has 0 amide bonds. The topological polar surface area (TPSA) is 91.4 Å². The molecule has 4 heterocycles. The molecule has 8 heteroatoms. The van der Waals surface area contributed by atoms with Gasteiger partial charge in [0.15, 0.2) is 5.82 Å². The lowest BCUT2D eigenvalue weighted by molar-refractivity contribution is 0.271. The van der Waals surface area contributed by atoms with Crippen molar-refractivity contribution in [3.8, 4) is 0 Å². The van der Waals surface area contributed by atoms with Crippen molar-refractivity contribution < 1.29 is 9.52 Å². The molecule has 0 atom stereocenters. The average molecular weight is 312 g/mol. The van der Waals surface area contributed by atoms with Gasteiger partial charge in [0.05, 0.1) is 0 Å². The van der Waals surface area contributed by atoms with Crippen molar-refractivity contribution in [1.82, 2.24) is 19.9 Å². The van der Waals surface area contributed by atoms with Gasteiger partial charge in [0, 0.05) is 38.6 Å². The zero-order valence-corrected chi connectivity index (χ0v) is 12.5. The third-order valence-corrected chi connectivity index (χ3v) is 3.86. The Kier molecular flexibility index (Phi) is 3.51. The highest BCUT2D eigenvalue weighted by molar-refractivity contribution is 5.69. The Morgan fingerprint density at radius 1 is 1.00 bits per heavy atom. The minimum atomic E-state index is -0.149. The first-order valence-corrected chi connectivity index (χ1v) is 7.48. The van der Waals surface area contributed by atoms with E-state index in [1.807, 2.05) is 18.2 Å². The number of rotatable bonds is 3. The van der Waals surface area contributed by atoms with Crippen LogP contribution in [0.15, 0.2) is 35.0 Å². The number of pyridine rings is 1. The highest BCUT2D eigenvalue weighted by Gasteiger charge is 2.22. The number of piperazine rings is 1. The number of aromatic nitrogens is 4. The summed E-state index contributed by atoms with van der Waals surface area (Å²) in [5, 5.41) is 9.14. The molecular formula is C15H16N6O2. The van der Waals surface area contributed by atoms with Gasteiger partial charge in [-0.2, -0.15) is 4.98 Å². The summed E-state index contributed by atoms with van der Waals surface area (Å²) in [4.78, 5) is 21.3. The number of aliphatic hydroxyl groups excluding tert-OH is 1. The smallest absolute Gasteiger partial charge is 0.299 e. The van der Waals surface area contributed by atoms with Crippen molar-refractivity contribution >= 4 is 23.1 Å². The van der Waals surface area contributed by atoms with E-state index < -0.39 is 0 Å². The fourth-order valence-corrected chi connectivity index (χ4v) is 2.66. The van der Waals surface area contributed by atoms with Crippen molar-refractivity contribution in [2.75, 3.05) is 36.0 Å². The summed E-state index contributed by atoms with van der Waals surface area (Å²) in [6.07, 6.45) is 3.37. The van der Waals surface area contributed by atoms with Crippen molar-refractivity contribution in [2.45, 2.75) is 6.61 Å². The molecule has 1 N–H and O–H groups in total. The summed E-state index contributed by atoms with van der Waals surface area (Å²) >= 11 is 0. The zero-order valence-electron chi connectivity index (χ0n) is 12.5. The van der Waals surface area contributed by atoms with E-state index >= 15 is 0 Å². The molecule has 1 fully saturated rings. The van der Waals surface area contributed by atoms with Gasteiger partial charge < -0.3 is 19.3 Å². The van der Waals surface area contributed by atoms with Crippen LogP contribution >= 0.6 is 0 Å². The highest BCUT2D eigenvalue weighted by Crippen LogP contribution is 2.22. The Morgan fingerprint density at radius 3 is 2.61 bits per heavy atom. The second kappa shape index (κ2) is 5.81. The first kappa shape index (κ1) is 13.9. The van der Waals surface area contributed by atoms with E-state index in [9.17, 15) is 0 Å². The second-order valence-corrected chi connectivity index (χ2v) is 5.29. The van der Waals surface area contributed by atoms with E-state index in [2.05, 4.69) is 29.7 Å². The van der Waals surface area contributed by atoms with Gasteiger partial charge in [-0.05, 0) is 18.2 Å². The van der Waals surface area contributed by atoms with Crippen LogP contribution < -0.4 is 9.80 Å². The third-order valence-electron chi connectivity index (χ3n) is 3.86. The minimum absolute atomic E-state index is 0.149. The Morgan fingerprint density at radius 2 is 1.83 bits per heavy atom. The first-order valence-electron chi connectivity index (χ1n) is 7.48. The fraction of sp³-hybridized carbons (Fsp3) is 0.333. The van der Waals surface area contributed by atoms with Gasteiger partial charge >= 0.3 is 0 Å². The van der Waals surface area contributed by atoms with E-state index in [0.717, 1.165) is 37.5 Å². The molecule has 3 aromatic heterocycles. The van der Waals surface area contributed by atoms with Crippen LogP contribution in [-0.4, -0.2) is 51.2 Å². The minimum Gasteiger partial charge on any atom is -0.404 e. The maximum absolute atomic E-state index is 9.14. The fourth-order valence-electron chi connectivity index (χ4n) is 2.66. The van der Waals surface area contributed by atoms with Crippen LogP contribution in [0.25, 0.3) is 11.2 Å². The molecule has 0 aliphatic carbocycles. The molecular weight excluding hydrogens is 296 g/mol. The van der Waals surface area contributed by atoms with Gasteiger partial charge in [-0.1, -0.05) is 0 Å². The van der Waals surface area contributed by atoms with Crippen LogP contribution in [-0.2, 0) is 6.61 Å². The van der Waals surface area contributed by atoms with E-state index in [1.165, 1.54) is 0 Å². The van der Waals surface area contributed by atoms with Crippen LogP contribution in [0, 0.1) is 0 Å².